The number of carbonyl (C=O) groups is 5. The van der Waals surface area contributed by atoms with E-state index in [0.717, 1.165) is 0 Å². The molecule has 0 saturated carbocycles. The van der Waals surface area contributed by atoms with Gasteiger partial charge in [-0.05, 0) is 32.1 Å². The van der Waals surface area contributed by atoms with E-state index in [0.29, 0.717) is 6.42 Å². The van der Waals surface area contributed by atoms with Gasteiger partial charge in [-0.15, -0.1) is 0 Å². The lowest BCUT2D eigenvalue weighted by Crippen LogP contribution is -2.60. The van der Waals surface area contributed by atoms with Crippen LogP contribution in [-0.4, -0.2) is 82.6 Å². The second kappa shape index (κ2) is 16.3. The Labute approximate surface area is 209 Å². The van der Waals surface area contributed by atoms with Gasteiger partial charge in [0.15, 0.2) is 5.96 Å². The molecular weight excluding hydrogens is 476 g/mol. The minimum atomic E-state index is -1.51. The number of aliphatic imine (C=N–C) groups is 1. The maximum absolute atomic E-state index is 13.0. The molecule has 13 N–H and O–H groups in total. The Bertz CT molecular complexity index is 801. The molecule has 0 aliphatic rings. The van der Waals surface area contributed by atoms with E-state index in [1.54, 1.807) is 13.8 Å². The van der Waals surface area contributed by atoms with Gasteiger partial charge in [-0.25, -0.2) is 4.79 Å². The third-order valence-corrected chi connectivity index (χ3v) is 5.46. The minimum Gasteiger partial charge on any atom is -0.480 e. The average Bonchev–Trinajstić information content (AvgIpc) is 2.79. The Balaban J connectivity index is 5.57. The summed E-state index contributed by atoms with van der Waals surface area (Å²) in [6, 6.07) is -5.08. The van der Waals surface area contributed by atoms with E-state index >= 15 is 0 Å². The number of primary amides is 1. The lowest BCUT2D eigenvalue weighted by Gasteiger charge is -2.27. The third-order valence-electron chi connectivity index (χ3n) is 5.46. The van der Waals surface area contributed by atoms with Crippen LogP contribution >= 0.6 is 0 Å². The van der Waals surface area contributed by atoms with E-state index in [-0.39, 0.29) is 38.2 Å². The van der Waals surface area contributed by atoms with Crippen molar-refractivity contribution in [2.75, 3.05) is 6.54 Å². The first-order valence-electron chi connectivity index (χ1n) is 11.6. The van der Waals surface area contributed by atoms with Gasteiger partial charge in [0, 0.05) is 13.0 Å². The standard InChI is InChI=1S/C21H40N8O7/c1-4-10(2)15(20(35)36)28-19(34)16(11(3)30)29-18(33)13(6-5-9-26-21(24)25)27-17(32)12(22)7-8-14(23)31/h10-13,15-16,30H,4-9,22H2,1-3H3,(H2,23,31)(H,27,32)(H,28,34)(H,29,33)(H,35,36)(H4,24,25,26). The fourth-order valence-electron chi connectivity index (χ4n) is 3.07. The van der Waals surface area contributed by atoms with E-state index < -0.39 is 65.8 Å². The predicted molar refractivity (Wildman–Crippen MR) is 131 cm³/mol. The highest BCUT2D eigenvalue weighted by atomic mass is 16.4. The van der Waals surface area contributed by atoms with Crippen LogP contribution in [0.3, 0.4) is 0 Å². The Morgan fingerprint density at radius 3 is 1.94 bits per heavy atom. The van der Waals surface area contributed by atoms with E-state index in [9.17, 15) is 34.2 Å². The number of aliphatic hydroxyl groups excluding tert-OH is 1. The molecule has 0 fully saturated rings. The Kier molecular flexibility index (Phi) is 14.7. The van der Waals surface area contributed by atoms with Crippen LogP contribution in [-0.2, 0) is 24.0 Å². The van der Waals surface area contributed by atoms with Crippen LogP contribution in [0.5, 0.6) is 0 Å². The lowest BCUT2D eigenvalue weighted by molar-refractivity contribution is -0.144. The second-order valence-electron chi connectivity index (χ2n) is 8.56. The number of nitrogens with one attached hydrogen (secondary N) is 3. The number of aliphatic hydroxyl groups is 1. The van der Waals surface area contributed by atoms with Gasteiger partial charge in [0.25, 0.3) is 0 Å². The molecule has 36 heavy (non-hydrogen) atoms. The summed E-state index contributed by atoms with van der Waals surface area (Å²) in [5.74, 6) is -4.95. The summed E-state index contributed by atoms with van der Waals surface area (Å²) >= 11 is 0. The van der Waals surface area contributed by atoms with Gasteiger partial charge < -0.3 is 49.1 Å². The summed E-state index contributed by atoms with van der Waals surface area (Å²) in [7, 11) is 0. The maximum Gasteiger partial charge on any atom is 0.326 e. The number of carboxylic acids is 1. The van der Waals surface area contributed by atoms with Crippen molar-refractivity contribution < 1.29 is 34.2 Å². The molecule has 0 aromatic heterocycles. The monoisotopic (exact) mass is 516 g/mol. The van der Waals surface area contributed by atoms with Crippen LogP contribution in [0, 0.1) is 5.92 Å². The van der Waals surface area contributed by atoms with Crippen molar-refractivity contribution in [1.82, 2.24) is 16.0 Å². The summed E-state index contributed by atoms with van der Waals surface area (Å²) in [6.45, 7) is 4.78. The topological polar surface area (TPSA) is 278 Å². The number of nitrogens with zero attached hydrogens (tertiary/aromatic N) is 1. The number of amides is 4. The molecule has 6 atom stereocenters. The van der Waals surface area contributed by atoms with Crippen LogP contribution in [0.2, 0.25) is 0 Å². The quantitative estimate of drug-likeness (QED) is 0.0524. The molecule has 0 aliphatic carbocycles. The van der Waals surface area contributed by atoms with Gasteiger partial charge in [0.2, 0.25) is 23.6 Å². The largest absolute Gasteiger partial charge is 0.480 e. The number of hydrogen-bond acceptors (Lipinski definition) is 8. The van der Waals surface area contributed by atoms with Crippen LogP contribution in [0.15, 0.2) is 4.99 Å². The Morgan fingerprint density at radius 2 is 1.47 bits per heavy atom. The summed E-state index contributed by atoms with van der Waals surface area (Å²) < 4.78 is 0. The molecule has 0 aromatic carbocycles. The molecule has 0 aliphatic heterocycles. The highest BCUT2D eigenvalue weighted by Crippen LogP contribution is 2.09. The molecule has 0 radical (unpaired) electrons. The highest BCUT2D eigenvalue weighted by Gasteiger charge is 2.34. The maximum atomic E-state index is 13.0. The number of guanidine groups is 1. The minimum absolute atomic E-state index is 0.0374. The zero-order valence-corrected chi connectivity index (χ0v) is 20.9. The van der Waals surface area contributed by atoms with Crippen LogP contribution in [0.1, 0.15) is 52.9 Å². The van der Waals surface area contributed by atoms with E-state index in [1.807, 2.05) is 0 Å². The number of rotatable bonds is 17. The van der Waals surface area contributed by atoms with Crippen molar-refractivity contribution >= 4 is 35.6 Å². The smallest absolute Gasteiger partial charge is 0.326 e. The molecular formula is C21H40N8O7. The molecule has 0 rings (SSSR count). The second-order valence-corrected chi connectivity index (χ2v) is 8.56. The molecule has 15 heteroatoms. The molecule has 0 heterocycles. The fraction of sp³-hybridized carbons (Fsp3) is 0.714. The molecule has 6 unspecified atom stereocenters. The van der Waals surface area contributed by atoms with Gasteiger partial charge in [-0.1, -0.05) is 20.3 Å². The molecule has 206 valence electrons. The van der Waals surface area contributed by atoms with Gasteiger partial charge in [0.05, 0.1) is 12.1 Å². The van der Waals surface area contributed by atoms with Crippen molar-refractivity contribution in [3.8, 4) is 0 Å². The number of carboxylic acid groups (broad SMARTS) is 1. The molecule has 0 bridgehead atoms. The van der Waals surface area contributed by atoms with Gasteiger partial charge >= 0.3 is 5.97 Å². The van der Waals surface area contributed by atoms with Crippen molar-refractivity contribution in [1.29, 1.82) is 0 Å². The van der Waals surface area contributed by atoms with Crippen LogP contribution in [0.4, 0.5) is 0 Å². The van der Waals surface area contributed by atoms with Crippen LogP contribution in [0.25, 0.3) is 0 Å². The predicted octanol–water partition coefficient (Wildman–Crippen LogP) is -3.40. The number of carbonyl (C=O) groups excluding carboxylic acids is 4. The molecule has 4 amide bonds. The third kappa shape index (κ3) is 12.3. The van der Waals surface area contributed by atoms with Crippen LogP contribution < -0.4 is 38.9 Å². The van der Waals surface area contributed by atoms with E-state index in [2.05, 4.69) is 20.9 Å². The summed E-state index contributed by atoms with van der Waals surface area (Å²) in [6.07, 6.45) is -0.822. The summed E-state index contributed by atoms with van der Waals surface area (Å²) in [4.78, 5) is 64.5. The number of aliphatic carboxylic acids is 1. The van der Waals surface area contributed by atoms with Crippen molar-refractivity contribution in [2.24, 2.45) is 33.8 Å². The number of hydrogen-bond donors (Lipinski definition) is 9. The first kappa shape index (κ1) is 32.5. The Morgan fingerprint density at radius 1 is 0.889 bits per heavy atom. The van der Waals surface area contributed by atoms with Gasteiger partial charge in [-0.3, -0.25) is 24.2 Å². The van der Waals surface area contributed by atoms with Crippen molar-refractivity contribution in [3.05, 3.63) is 0 Å². The normalized spacial score (nSPS) is 15.8. The lowest BCUT2D eigenvalue weighted by atomic mass is 9.98. The zero-order chi connectivity index (χ0) is 28.0. The first-order valence-corrected chi connectivity index (χ1v) is 11.6. The summed E-state index contributed by atoms with van der Waals surface area (Å²) in [5.41, 5.74) is 21.4. The van der Waals surface area contributed by atoms with Gasteiger partial charge in [0.1, 0.15) is 18.1 Å². The molecule has 15 nitrogen and oxygen atoms in total. The SMILES string of the molecule is CCC(C)C(NC(=O)C(NC(=O)C(CCCN=C(N)N)NC(=O)C(N)CCC(N)=O)C(C)O)C(=O)O. The van der Waals surface area contributed by atoms with Crippen molar-refractivity contribution in [3.63, 3.8) is 0 Å². The Hall–Kier alpha value is -3.46. The number of nitrogens with two attached hydrogens (primary N) is 4. The van der Waals surface area contributed by atoms with E-state index in [1.165, 1.54) is 6.92 Å². The van der Waals surface area contributed by atoms with E-state index in [4.69, 9.17) is 22.9 Å². The molecule has 0 spiro atoms. The van der Waals surface area contributed by atoms with Crippen molar-refractivity contribution in [2.45, 2.75) is 83.1 Å². The first-order chi connectivity index (χ1) is 16.7. The van der Waals surface area contributed by atoms with Gasteiger partial charge in [-0.2, -0.15) is 0 Å². The highest BCUT2D eigenvalue weighted by molar-refractivity contribution is 5.94. The zero-order valence-electron chi connectivity index (χ0n) is 20.9. The average molecular weight is 517 g/mol. The molecule has 0 saturated heterocycles. The molecule has 0 aromatic rings. The fourth-order valence-corrected chi connectivity index (χ4v) is 3.07. The summed E-state index contributed by atoms with van der Waals surface area (Å²) in [5, 5.41) is 26.7.